The lowest BCUT2D eigenvalue weighted by atomic mass is 10.1. The zero-order valence-corrected chi connectivity index (χ0v) is 14.7. The average Bonchev–Trinajstić information content (AvgIpc) is 2.66. The Hall–Kier alpha value is -3.49. The number of anilines is 1. The second kappa shape index (κ2) is 8.06. The minimum atomic E-state index is -0.722. The van der Waals surface area contributed by atoms with Crippen LogP contribution in [0.25, 0.3) is 0 Å². The highest BCUT2D eigenvalue weighted by atomic mass is 16.6. The third kappa shape index (κ3) is 3.46. The molecule has 0 radical (unpaired) electrons. The van der Waals surface area contributed by atoms with Gasteiger partial charge >= 0.3 is 5.69 Å². The molecule has 2 rings (SSSR count). The van der Waals surface area contributed by atoms with Gasteiger partial charge in [0.05, 0.1) is 39.0 Å². The molecule has 26 heavy (non-hydrogen) atoms. The fraction of sp³-hybridized carbons (Fsp3) is 0.235. The topological polar surface area (TPSA) is 109 Å². The zero-order chi connectivity index (χ0) is 19.3. The van der Waals surface area contributed by atoms with E-state index in [1.807, 2.05) is 0 Å². The number of rotatable bonds is 7. The summed E-state index contributed by atoms with van der Waals surface area (Å²) in [4.78, 5) is 23.6. The van der Waals surface area contributed by atoms with Gasteiger partial charge in [-0.3, -0.25) is 14.9 Å². The van der Waals surface area contributed by atoms with Gasteiger partial charge < -0.3 is 24.3 Å². The van der Waals surface area contributed by atoms with Crippen LogP contribution in [0.5, 0.6) is 23.0 Å². The second-order valence-corrected chi connectivity index (χ2v) is 4.95. The first-order valence-electron chi connectivity index (χ1n) is 7.40. The predicted octanol–water partition coefficient (Wildman–Crippen LogP) is 2.88. The van der Waals surface area contributed by atoms with Crippen molar-refractivity contribution in [2.75, 3.05) is 33.8 Å². The van der Waals surface area contributed by atoms with Gasteiger partial charge in [0.2, 0.25) is 11.5 Å². The summed E-state index contributed by atoms with van der Waals surface area (Å²) in [5.74, 6) is -0.367. The lowest BCUT2D eigenvalue weighted by Crippen LogP contribution is -2.16. The van der Waals surface area contributed by atoms with Gasteiger partial charge in [-0.05, 0) is 12.1 Å². The van der Waals surface area contributed by atoms with Crippen molar-refractivity contribution in [1.82, 2.24) is 0 Å². The normalized spacial score (nSPS) is 10.0. The number of amides is 1. The molecule has 0 unspecified atom stereocenters. The van der Waals surface area contributed by atoms with E-state index < -0.39 is 16.5 Å². The number of hydrogen-bond acceptors (Lipinski definition) is 7. The number of nitrogens with zero attached hydrogens (tertiary/aromatic N) is 1. The largest absolute Gasteiger partial charge is 0.495 e. The number of nitro groups is 1. The maximum Gasteiger partial charge on any atom is 0.327 e. The molecule has 0 saturated carbocycles. The third-order valence-corrected chi connectivity index (χ3v) is 3.59. The fourth-order valence-electron chi connectivity index (χ4n) is 2.43. The molecule has 0 saturated heterocycles. The summed E-state index contributed by atoms with van der Waals surface area (Å²) < 4.78 is 20.6. The molecule has 9 nitrogen and oxygen atoms in total. The second-order valence-electron chi connectivity index (χ2n) is 4.95. The van der Waals surface area contributed by atoms with Crippen molar-refractivity contribution in [3.8, 4) is 23.0 Å². The molecule has 0 heterocycles. The van der Waals surface area contributed by atoms with Gasteiger partial charge in [0.1, 0.15) is 11.3 Å². The molecule has 9 heteroatoms. The van der Waals surface area contributed by atoms with Crippen LogP contribution in [-0.2, 0) is 0 Å². The summed E-state index contributed by atoms with van der Waals surface area (Å²) in [6.07, 6.45) is 0. The van der Waals surface area contributed by atoms with E-state index in [0.717, 1.165) is 0 Å². The van der Waals surface area contributed by atoms with Gasteiger partial charge in [0.15, 0.2) is 5.75 Å². The van der Waals surface area contributed by atoms with E-state index in [1.165, 1.54) is 34.5 Å². The molecule has 0 spiro atoms. The van der Waals surface area contributed by atoms with E-state index in [0.29, 0.717) is 11.4 Å². The number of methoxy groups -OCH3 is 4. The summed E-state index contributed by atoms with van der Waals surface area (Å²) in [6, 6.07) is 7.92. The molecule has 2 aromatic carbocycles. The number of ether oxygens (including phenoxy) is 4. The highest BCUT2D eigenvalue weighted by molar-refractivity contribution is 6.09. The van der Waals surface area contributed by atoms with Crippen molar-refractivity contribution in [2.45, 2.75) is 0 Å². The summed E-state index contributed by atoms with van der Waals surface area (Å²) >= 11 is 0. The molecule has 0 atom stereocenters. The van der Waals surface area contributed by atoms with Crippen molar-refractivity contribution >= 4 is 17.3 Å². The SMILES string of the molecule is COc1ccccc1NC(=O)c1cc(OC)c(OC)c(OC)c1[N+](=O)[O-]. The third-order valence-electron chi connectivity index (χ3n) is 3.59. The van der Waals surface area contributed by atoms with E-state index in [2.05, 4.69) is 5.32 Å². The Kier molecular flexibility index (Phi) is 5.84. The minimum absolute atomic E-state index is 0.0236. The van der Waals surface area contributed by atoms with Crippen molar-refractivity contribution in [2.24, 2.45) is 0 Å². The van der Waals surface area contributed by atoms with E-state index >= 15 is 0 Å². The Morgan fingerprint density at radius 3 is 2.12 bits per heavy atom. The van der Waals surface area contributed by atoms with Crippen LogP contribution < -0.4 is 24.3 Å². The zero-order valence-electron chi connectivity index (χ0n) is 14.7. The summed E-state index contributed by atoms with van der Waals surface area (Å²) in [5, 5.41) is 14.2. The van der Waals surface area contributed by atoms with Crippen LogP contribution in [0.3, 0.4) is 0 Å². The molecule has 0 bridgehead atoms. The Balaban J connectivity index is 2.60. The summed E-state index contributed by atoms with van der Waals surface area (Å²) in [6.45, 7) is 0. The van der Waals surface area contributed by atoms with Crippen molar-refractivity contribution < 1.29 is 28.7 Å². The Labute approximate surface area is 149 Å². The van der Waals surface area contributed by atoms with E-state index in [4.69, 9.17) is 18.9 Å². The maximum atomic E-state index is 12.7. The van der Waals surface area contributed by atoms with Gasteiger partial charge in [-0.25, -0.2) is 0 Å². The molecule has 1 amide bonds. The van der Waals surface area contributed by atoms with Crippen LogP contribution in [0.15, 0.2) is 30.3 Å². The number of benzene rings is 2. The average molecular weight is 362 g/mol. The van der Waals surface area contributed by atoms with Crippen molar-refractivity contribution in [1.29, 1.82) is 0 Å². The smallest absolute Gasteiger partial charge is 0.327 e. The van der Waals surface area contributed by atoms with Gasteiger partial charge in [-0.1, -0.05) is 12.1 Å². The Morgan fingerprint density at radius 2 is 1.58 bits per heavy atom. The number of para-hydroxylation sites is 2. The molecule has 0 aliphatic carbocycles. The highest BCUT2D eigenvalue weighted by Crippen LogP contribution is 2.46. The van der Waals surface area contributed by atoms with E-state index in [-0.39, 0.29) is 22.8 Å². The van der Waals surface area contributed by atoms with Crippen LogP contribution in [0.2, 0.25) is 0 Å². The molecule has 0 fully saturated rings. The fourth-order valence-corrected chi connectivity index (χ4v) is 2.43. The van der Waals surface area contributed by atoms with Gasteiger partial charge in [0, 0.05) is 6.07 Å². The van der Waals surface area contributed by atoms with E-state index in [1.54, 1.807) is 24.3 Å². The lowest BCUT2D eigenvalue weighted by Gasteiger charge is -2.15. The molecular weight excluding hydrogens is 344 g/mol. The van der Waals surface area contributed by atoms with Crippen LogP contribution in [-0.4, -0.2) is 39.3 Å². The molecular formula is C17H18N2O7. The summed E-state index contributed by atoms with van der Waals surface area (Å²) in [7, 11) is 5.36. The van der Waals surface area contributed by atoms with Gasteiger partial charge in [-0.2, -0.15) is 0 Å². The Bertz CT molecular complexity index is 836. The minimum Gasteiger partial charge on any atom is -0.495 e. The van der Waals surface area contributed by atoms with E-state index in [9.17, 15) is 14.9 Å². The molecule has 0 aliphatic heterocycles. The number of nitrogens with one attached hydrogen (secondary N) is 1. The first-order valence-corrected chi connectivity index (χ1v) is 7.40. The van der Waals surface area contributed by atoms with Crippen molar-refractivity contribution in [3.63, 3.8) is 0 Å². The standard InChI is InChI=1S/C17H18N2O7/c1-23-12-8-6-5-7-11(12)18-17(20)10-9-13(24-2)15(25-3)16(26-4)14(10)19(21)22/h5-9H,1-4H3,(H,18,20). The van der Waals surface area contributed by atoms with Crippen LogP contribution in [0, 0.1) is 10.1 Å². The quantitative estimate of drug-likeness (QED) is 0.596. The molecule has 0 aliphatic rings. The molecule has 0 aromatic heterocycles. The Morgan fingerprint density at radius 1 is 0.962 bits per heavy atom. The predicted molar refractivity (Wildman–Crippen MR) is 93.7 cm³/mol. The van der Waals surface area contributed by atoms with Crippen LogP contribution >= 0.6 is 0 Å². The monoisotopic (exact) mass is 362 g/mol. The highest BCUT2D eigenvalue weighted by Gasteiger charge is 2.32. The first kappa shape index (κ1) is 18.8. The molecule has 1 N–H and O–H groups in total. The van der Waals surface area contributed by atoms with Crippen LogP contribution in [0.4, 0.5) is 11.4 Å². The lowest BCUT2D eigenvalue weighted by molar-refractivity contribution is -0.386. The summed E-state index contributed by atoms with van der Waals surface area (Å²) in [5.41, 5.74) is -0.406. The first-order chi connectivity index (χ1) is 12.5. The van der Waals surface area contributed by atoms with Crippen molar-refractivity contribution in [3.05, 3.63) is 46.0 Å². The number of carbonyl (C=O) groups excluding carboxylic acids is 1. The number of nitro benzene ring substituents is 1. The number of hydrogen-bond donors (Lipinski definition) is 1. The van der Waals surface area contributed by atoms with Crippen LogP contribution in [0.1, 0.15) is 10.4 Å². The van der Waals surface area contributed by atoms with Gasteiger partial charge in [0.25, 0.3) is 5.91 Å². The maximum absolute atomic E-state index is 12.7. The molecule has 2 aromatic rings. The number of carbonyl (C=O) groups is 1. The van der Waals surface area contributed by atoms with Gasteiger partial charge in [-0.15, -0.1) is 0 Å². The molecule has 138 valence electrons.